The zero-order chi connectivity index (χ0) is 14.2. The minimum absolute atomic E-state index is 0.139. The van der Waals surface area contributed by atoms with E-state index < -0.39 is 11.9 Å². The van der Waals surface area contributed by atoms with E-state index in [0.29, 0.717) is 32.4 Å². The fourth-order valence-electron chi connectivity index (χ4n) is 1.06. The summed E-state index contributed by atoms with van der Waals surface area (Å²) in [6, 6.07) is 0. The maximum atomic E-state index is 9.98. The predicted molar refractivity (Wildman–Crippen MR) is 69.3 cm³/mol. The van der Waals surface area contributed by atoms with Crippen LogP contribution >= 0.6 is 0 Å². The predicted octanol–water partition coefficient (Wildman–Crippen LogP) is -0.400. The molecule has 0 rings (SSSR count). The Morgan fingerprint density at radius 1 is 0.833 bits per heavy atom. The molecular weight excluding hydrogens is 238 g/mol. The molecule has 0 spiro atoms. The molecule has 7 N–H and O–H groups in total. The first-order chi connectivity index (χ1) is 8.54. The van der Waals surface area contributed by atoms with E-state index in [1.807, 2.05) is 0 Å². The molecule has 108 valence electrons. The van der Waals surface area contributed by atoms with Gasteiger partial charge in [0.15, 0.2) is 0 Å². The summed E-state index contributed by atoms with van der Waals surface area (Å²) in [5, 5.41) is 19.4. The zero-order valence-electron chi connectivity index (χ0n) is 10.7. The van der Waals surface area contributed by atoms with Crippen molar-refractivity contribution in [3.05, 3.63) is 0 Å². The smallest absolute Gasteiger partial charge is 0.303 e. The molecule has 0 aliphatic heterocycles. The minimum Gasteiger partial charge on any atom is -0.481 e. The van der Waals surface area contributed by atoms with Crippen LogP contribution in [-0.4, -0.2) is 48.3 Å². The van der Waals surface area contributed by atoms with Crippen molar-refractivity contribution in [2.75, 3.05) is 26.2 Å². The Labute approximate surface area is 108 Å². The number of nitrogens with one attached hydrogen (secondary N) is 1. The van der Waals surface area contributed by atoms with Crippen LogP contribution in [-0.2, 0) is 9.59 Å². The van der Waals surface area contributed by atoms with Gasteiger partial charge in [-0.1, -0.05) is 6.42 Å². The molecule has 0 saturated carbocycles. The van der Waals surface area contributed by atoms with E-state index in [9.17, 15) is 9.59 Å². The fraction of sp³-hybridized carbons (Fsp3) is 0.818. The number of carboxylic acids is 2. The van der Waals surface area contributed by atoms with E-state index in [1.165, 1.54) is 0 Å². The molecular formula is C11H25N3O4. The van der Waals surface area contributed by atoms with Crippen molar-refractivity contribution in [2.45, 2.75) is 32.1 Å². The highest BCUT2D eigenvalue weighted by atomic mass is 16.4. The molecule has 0 saturated heterocycles. The minimum atomic E-state index is -0.819. The van der Waals surface area contributed by atoms with Crippen molar-refractivity contribution in [1.82, 2.24) is 5.32 Å². The largest absolute Gasteiger partial charge is 0.481 e. The first kappa shape index (κ1) is 19.2. The molecule has 0 bridgehead atoms. The Morgan fingerprint density at radius 2 is 1.22 bits per heavy atom. The Bertz CT molecular complexity index is 192. The summed E-state index contributed by atoms with van der Waals surface area (Å²) >= 11 is 0. The number of hydrogen-bond donors (Lipinski definition) is 5. The van der Waals surface area contributed by atoms with Gasteiger partial charge in [0.05, 0.1) is 0 Å². The Kier molecular flexibility index (Phi) is 16.8. The molecule has 0 aliphatic carbocycles. The highest BCUT2D eigenvalue weighted by molar-refractivity contribution is 5.67. The van der Waals surface area contributed by atoms with Crippen LogP contribution in [0.15, 0.2) is 0 Å². The van der Waals surface area contributed by atoms with Gasteiger partial charge in [0, 0.05) is 39.0 Å². The van der Waals surface area contributed by atoms with Gasteiger partial charge in [-0.3, -0.25) is 9.59 Å². The number of unbranched alkanes of at least 4 members (excludes halogenated alkanes) is 2. The van der Waals surface area contributed by atoms with Crippen molar-refractivity contribution in [2.24, 2.45) is 11.5 Å². The lowest BCUT2D eigenvalue weighted by molar-refractivity contribution is -0.137. The molecule has 0 radical (unpaired) electrons. The van der Waals surface area contributed by atoms with Crippen LogP contribution in [0.3, 0.4) is 0 Å². The van der Waals surface area contributed by atoms with Gasteiger partial charge in [-0.25, -0.2) is 0 Å². The van der Waals surface area contributed by atoms with E-state index in [4.69, 9.17) is 21.7 Å². The van der Waals surface area contributed by atoms with Crippen LogP contribution < -0.4 is 16.8 Å². The van der Waals surface area contributed by atoms with Gasteiger partial charge in [-0.2, -0.15) is 0 Å². The number of carbonyl (C=O) groups is 2. The average molecular weight is 263 g/mol. The third-order valence-corrected chi connectivity index (χ3v) is 1.92. The van der Waals surface area contributed by atoms with Crippen LogP contribution in [0.5, 0.6) is 0 Å². The molecule has 7 nitrogen and oxygen atoms in total. The van der Waals surface area contributed by atoms with Gasteiger partial charge in [-0.15, -0.1) is 0 Å². The first-order valence-electron chi connectivity index (χ1n) is 6.09. The summed E-state index contributed by atoms with van der Waals surface area (Å²) in [6.45, 7) is 3.13. The van der Waals surface area contributed by atoms with Crippen LogP contribution in [0.1, 0.15) is 32.1 Å². The Morgan fingerprint density at radius 3 is 1.50 bits per heavy atom. The monoisotopic (exact) mass is 263 g/mol. The third kappa shape index (κ3) is 24.2. The van der Waals surface area contributed by atoms with Crippen molar-refractivity contribution in [3.8, 4) is 0 Å². The second-order valence-electron chi connectivity index (χ2n) is 3.68. The van der Waals surface area contributed by atoms with Crippen molar-refractivity contribution >= 4 is 11.9 Å². The van der Waals surface area contributed by atoms with Crippen molar-refractivity contribution < 1.29 is 19.8 Å². The lowest BCUT2D eigenvalue weighted by Crippen LogP contribution is -2.27. The van der Waals surface area contributed by atoms with Gasteiger partial charge in [-0.05, 0) is 12.8 Å². The number of carboxylic acid groups (broad SMARTS) is 2. The highest BCUT2D eigenvalue weighted by Gasteiger charge is 1.98. The van der Waals surface area contributed by atoms with Crippen LogP contribution in [0, 0.1) is 0 Å². The topological polar surface area (TPSA) is 139 Å². The van der Waals surface area contributed by atoms with Crippen molar-refractivity contribution in [1.29, 1.82) is 0 Å². The molecule has 0 aromatic carbocycles. The van der Waals surface area contributed by atoms with E-state index in [2.05, 4.69) is 5.32 Å². The maximum Gasteiger partial charge on any atom is 0.303 e. The van der Waals surface area contributed by atoms with E-state index in [0.717, 1.165) is 13.1 Å². The summed E-state index contributed by atoms with van der Waals surface area (Å²) < 4.78 is 0. The third-order valence-electron chi connectivity index (χ3n) is 1.92. The van der Waals surface area contributed by atoms with E-state index in [-0.39, 0.29) is 12.8 Å². The van der Waals surface area contributed by atoms with Gasteiger partial charge in [0.2, 0.25) is 0 Å². The Balaban J connectivity index is 0. The van der Waals surface area contributed by atoms with E-state index >= 15 is 0 Å². The van der Waals surface area contributed by atoms with E-state index in [1.54, 1.807) is 0 Å². The fourth-order valence-corrected chi connectivity index (χ4v) is 1.06. The molecule has 0 atom stereocenters. The van der Waals surface area contributed by atoms with Crippen LogP contribution in [0.2, 0.25) is 0 Å². The lowest BCUT2D eigenvalue weighted by Gasteiger charge is -1.95. The molecule has 0 aliphatic rings. The molecule has 0 amide bonds. The zero-order valence-corrected chi connectivity index (χ0v) is 10.7. The van der Waals surface area contributed by atoms with Gasteiger partial charge in [0.1, 0.15) is 0 Å². The molecule has 18 heavy (non-hydrogen) atoms. The quantitative estimate of drug-likeness (QED) is 0.338. The number of hydrogen-bond acceptors (Lipinski definition) is 5. The lowest BCUT2D eigenvalue weighted by atomic mass is 10.1. The average Bonchev–Trinajstić information content (AvgIpc) is 2.29. The van der Waals surface area contributed by atoms with Gasteiger partial charge in [0.25, 0.3) is 0 Å². The molecule has 7 heteroatoms. The summed E-state index contributed by atoms with van der Waals surface area (Å²) in [6.07, 6.45) is 2.10. The molecule has 0 fully saturated rings. The highest BCUT2D eigenvalue weighted by Crippen LogP contribution is 2.02. The second-order valence-corrected chi connectivity index (χ2v) is 3.68. The molecule has 0 aromatic rings. The van der Waals surface area contributed by atoms with Crippen LogP contribution in [0.25, 0.3) is 0 Å². The first-order valence-corrected chi connectivity index (χ1v) is 6.09. The van der Waals surface area contributed by atoms with Crippen molar-refractivity contribution in [3.63, 3.8) is 0 Å². The molecule has 0 heterocycles. The van der Waals surface area contributed by atoms with Crippen LogP contribution in [0.4, 0.5) is 0 Å². The molecule has 0 aromatic heterocycles. The summed E-state index contributed by atoms with van der Waals surface area (Å²) in [5.74, 6) is -1.64. The maximum absolute atomic E-state index is 9.98. The molecule has 0 unspecified atom stereocenters. The SMILES string of the molecule is NCCNCCN.O=C(O)CCCCCC(=O)O. The second kappa shape index (κ2) is 15.8. The van der Waals surface area contributed by atoms with Gasteiger partial charge >= 0.3 is 11.9 Å². The Hall–Kier alpha value is -1.18. The number of rotatable bonds is 10. The summed E-state index contributed by atoms with van der Waals surface area (Å²) in [5.41, 5.74) is 10.3. The van der Waals surface area contributed by atoms with Gasteiger partial charge < -0.3 is 27.0 Å². The summed E-state index contributed by atoms with van der Waals surface area (Å²) in [4.78, 5) is 20.0. The standard InChI is InChI=1S/C7H12O4.C4H13N3/c8-6(9)4-2-1-3-5-7(10)11;5-1-3-7-4-2-6/h1-5H2,(H,8,9)(H,10,11);7H,1-6H2. The normalized spacial score (nSPS) is 9.44. The number of aliphatic carboxylic acids is 2. The number of nitrogens with two attached hydrogens (primary N) is 2. The summed E-state index contributed by atoms with van der Waals surface area (Å²) in [7, 11) is 0.